The highest BCUT2D eigenvalue weighted by Gasteiger charge is 2.16. The van der Waals surface area contributed by atoms with E-state index in [2.05, 4.69) is 305 Å². The molecule has 0 spiro atoms. The molecule has 1 unspecified atom stereocenters. The minimum absolute atomic E-state index is 0.110. The van der Waals surface area contributed by atoms with E-state index in [0.29, 0.717) is 12.8 Å². The van der Waals surface area contributed by atoms with Gasteiger partial charge in [0.25, 0.3) is 0 Å². The molecule has 0 aromatic carbocycles. The standard InChI is InChI=1S/C91H132O5/c1-3-5-7-9-11-13-15-17-19-21-23-25-27-29-31-33-35-37-39-41-43-45-47-49-51-53-55-57-59-61-63-65-67-69-71-73-75-77-79-81-83-85-90(93)95-88-89(87-92)96-91(94)86-84-82-80-78-76-74-72-70-68-66-64-62-60-58-56-54-52-50-48-46-44-42-40-38-36-34-32-30-28-26-24-22-20-18-16-14-12-10-8-6-4-2/h5-8,11-14,17-20,23-26,29-32,35-38,41-44,47-50,53-56,59-62,65-68,71-74,89,92H,3-4,9-10,15-16,21-22,27-28,33-34,39-40,45-46,51-52,57-58,63-64,69-70,75-88H2,1-2H3/b7-5-,8-6-,13-11-,14-12-,19-17-,20-18-,25-23-,26-24-,31-29-,32-30-,37-35-,38-36-,43-41-,44-42-,49-47-,50-48-,55-53-,56-54-,61-59-,62-60-,67-65-,68-66-,73-71-,74-72-. The summed E-state index contributed by atoms with van der Waals surface area (Å²) in [6.45, 7) is 3.85. The summed E-state index contributed by atoms with van der Waals surface area (Å²) in [5.74, 6) is -0.673. The predicted molar refractivity (Wildman–Crippen MR) is 425 cm³/mol. The number of aliphatic hydroxyl groups excluding tert-OH is 1. The van der Waals surface area contributed by atoms with Crippen LogP contribution in [0.2, 0.25) is 0 Å². The summed E-state index contributed by atoms with van der Waals surface area (Å²) < 4.78 is 10.7. The lowest BCUT2D eigenvalue weighted by Gasteiger charge is -2.15. The van der Waals surface area contributed by atoms with Gasteiger partial charge < -0.3 is 14.6 Å². The van der Waals surface area contributed by atoms with E-state index >= 15 is 0 Å². The quantitative estimate of drug-likeness (QED) is 0.0373. The summed E-state index contributed by atoms with van der Waals surface area (Å²) in [6, 6.07) is 0. The maximum atomic E-state index is 12.4. The normalized spacial score (nSPS) is 14.0. The fourth-order valence-electron chi connectivity index (χ4n) is 8.93. The van der Waals surface area contributed by atoms with Crippen LogP contribution in [-0.4, -0.2) is 36.4 Å². The van der Waals surface area contributed by atoms with Gasteiger partial charge in [-0.25, -0.2) is 0 Å². The van der Waals surface area contributed by atoms with Gasteiger partial charge in [0.2, 0.25) is 0 Å². The van der Waals surface area contributed by atoms with Crippen LogP contribution in [0.4, 0.5) is 0 Å². The number of unbranched alkanes of at least 4 members (excludes halogenated alkanes) is 8. The largest absolute Gasteiger partial charge is 0.462 e. The van der Waals surface area contributed by atoms with Crippen molar-refractivity contribution < 1.29 is 24.2 Å². The maximum absolute atomic E-state index is 12.4. The van der Waals surface area contributed by atoms with Crippen molar-refractivity contribution in [2.45, 2.75) is 251 Å². The summed E-state index contributed by atoms with van der Waals surface area (Å²) >= 11 is 0. The molecule has 96 heavy (non-hydrogen) atoms. The molecule has 0 saturated carbocycles. The number of carbonyl (C=O) groups is 2. The Labute approximate surface area is 588 Å². The first-order valence-electron chi connectivity index (χ1n) is 37.2. The molecule has 0 amide bonds. The number of hydrogen-bond acceptors (Lipinski definition) is 5. The minimum atomic E-state index is -0.823. The molecular weight excluding hydrogens is 1170 g/mol. The molecule has 0 bridgehead atoms. The zero-order valence-corrected chi connectivity index (χ0v) is 60.2. The summed E-state index contributed by atoms with van der Waals surface area (Å²) in [5.41, 5.74) is 0. The molecule has 0 aromatic heterocycles. The lowest BCUT2D eigenvalue weighted by molar-refractivity contribution is -0.161. The monoisotopic (exact) mass is 1310 g/mol. The number of hydrogen-bond donors (Lipinski definition) is 1. The van der Waals surface area contributed by atoms with Crippen LogP contribution in [0, 0.1) is 0 Å². The smallest absolute Gasteiger partial charge is 0.306 e. The fraction of sp³-hybridized carbons (Fsp3) is 0.451. The fourth-order valence-corrected chi connectivity index (χ4v) is 8.93. The van der Waals surface area contributed by atoms with Crippen molar-refractivity contribution in [2.75, 3.05) is 13.2 Å². The van der Waals surface area contributed by atoms with Gasteiger partial charge in [0.05, 0.1) is 6.61 Å². The highest BCUT2D eigenvalue weighted by Crippen LogP contribution is 2.11. The van der Waals surface area contributed by atoms with Crippen LogP contribution in [0.3, 0.4) is 0 Å². The molecule has 0 aromatic rings. The van der Waals surface area contributed by atoms with Crippen molar-refractivity contribution in [2.24, 2.45) is 0 Å². The average molecular weight is 1310 g/mol. The van der Waals surface area contributed by atoms with Gasteiger partial charge in [0.1, 0.15) is 6.61 Å². The molecule has 0 aliphatic heterocycles. The molecule has 526 valence electrons. The molecule has 0 heterocycles. The summed E-state index contributed by atoms with van der Waals surface area (Å²) in [7, 11) is 0. The second-order valence-electron chi connectivity index (χ2n) is 23.2. The molecule has 5 heteroatoms. The SMILES string of the molecule is CC/C=C\C/C=C\C/C=C\C/C=C\C/C=C\C/C=C\C/C=C\C/C=C\C/C=C\C/C=C\C/C=C\C/C=C\CCCCCCC(=O)OCC(CO)OC(=O)CCCCCC/C=C\C/C=C\C/C=C\C/C=C\C/C=C\C/C=C\C/C=C\C/C=C\C/C=C\C/C=C\C/C=C\C/C=C\CC. The molecule has 5 nitrogen and oxygen atoms in total. The third kappa shape index (κ3) is 79.1. The highest BCUT2D eigenvalue weighted by atomic mass is 16.6. The Balaban J connectivity index is 3.74. The number of ether oxygens (including phenoxy) is 2. The Hall–Kier alpha value is -7.34. The second-order valence-corrected chi connectivity index (χ2v) is 23.2. The molecule has 1 N–H and O–H groups in total. The summed E-state index contributed by atoms with van der Waals surface area (Å²) in [6.07, 6.45) is 140. The zero-order chi connectivity index (χ0) is 69.0. The second kappa shape index (κ2) is 81.9. The maximum Gasteiger partial charge on any atom is 0.306 e. The molecule has 0 aliphatic carbocycles. The van der Waals surface area contributed by atoms with E-state index in [1.807, 2.05) is 0 Å². The van der Waals surface area contributed by atoms with Crippen molar-refractivity contribution >= 4 is 11.9 Å². The first-order chi connectivity index (χ1) is 47.6. The lowest BCUT2D eigenvalue weighted by atomic mass is 10.1. The molecule has 0 aliphatic rings. The summed E-state index contributed by atoms with van der Waals surface area (Å²) in [5, 5.41) is 9.71. The van der Waals surface area contributed by atoms with E-state index in [-0.39, 0.29) is 25.2 Å². The number of carbonyl (C=O) groups excluding carboxylic acids is 2. The van der Waals surface area contributed by atoms with Gasteiger partial charge in [-0.2, -0.15) is 0 Å². The van der Waals surface area contributed by atoms with Gasteiger partial charge >= 0.3 is 11.9 Å². The molecule has 0 saturated heterocycles. The van der Waals surface area contributed by atoms with Gasteiger partial charge in [0.15, 0.2) is 6.10 Å². The van der Waals surface area contributed by atoms with E-state index in [9.17, 15) is 14.7 Å². The van der Waals surface area contributed by atoms with Crippen molar-refractivity contribution in [3.63, 3.8) is 0 Å². The Kier molecular flexibility index (Phi) is 75.6. The van der Waals surface area contributed by atoms with Gasteiger partial charge in [-0.3, -0.25) is 9.59 Å². The van der Waals surface area contributed by atoms with Crippen LogP contribution in [-0.2, 0) is 19.1 Å². The van der Waals surface area contributed by atoms with Crippen LogP contribution in [0.15, 0.2) is 292 Å². The van der Waals surface area contributed by atoms with E-state index < -0.39 is 6.10 Å². The lowest BCUT2D eigenvalue weighted by Crippen LogP contribution is -2.28. The molecule has 1 atom stereocenters. The Bertz CT molecular complexity index is 2530. The van der Waals surface area contributed by atoms with Crippen LogP contribution in [0.25, 0.3) is 0 Å². The Morgan fingerprint density at radius 3 is 0.615 bits per heavy atom. The highest BCUT2D eigenvalue weighted by molar-refractivity contribution is 5.70. The molecule has 0 rings (SSSR count). The van der Waals surface area contributed by atoms with Gasteiger partial charge in [-0.1, -0.05) is 331 Å². The number of rotatable bonds is 64. The van der Waals surface area contributed by atoms with Gasteiger partial charge in [-0.15, -0.1) is 0 Å². The van der Waals surface area contributed by atoms with Crippen molar-refractivity contribution in [3.8, 4) is 0 Å². The number of aliphatic hydroxyl groups is 1. The number of esters is 2. The van der Waals surface area contributed by atoms with Crippen molar-refractivity contribution in [1.29, 1.82) is 0 Å². The molecular formula is C91H132O5. The first-order valence-corrected chi connectivity index (χ1v) is 37.2. The van der Waals surface area contributed by atoms with Gasteiger partial charge in [-0.05, 0) is 193 Å². The van der Waals surface area contributed by atoms with E-state index in [0.717, 1.165) is 218 Å². The third-order valence-electron chi connectivity index (χ3n) is 14.4. The first kappa shape index (κ1) is 88.7. The average Bonchev–Trinajstić information content (AvgIpc) is 3.73. The van der Waals surface area contributed by atoms with E-state index in [4.69, 9.17) is 9.47 Å². The topological polar surface area (TPSA) is 72.8 Å². The third-order valence-corrected chi connectivity index (χ3v) is 14.4. The van der Waals surface area contributed by atoms with Crippen LogP contribution >= 0.6 is 0 Å². The predicted octanol–water partition coefficient (Wildman–Crippen LogP) is 26.9. The summed E-state index contributed by atoms with van der Waals surface area (Å²) in [4.78, 5) is 24.7. The van der Waals surface area contributed by atoms with Crippen molar-refractivity contribution in [3.05, 3.63) is 292 Å². The molecule has 0 radical (unpaired) electrons. The Morgan fingerprint density at radius 1 is 0.240 bits per heavy atom. The van der Waals surface area contributed by atoms with E-state index in [1.165, 1.54) is 0 Å². The van der Waals surface area contributed by atoms with Crippen LogP contribution < -0.4 is 0 Å². The number of allylic oxidation sites excluding steroid dienone is 48. The minimum Gasteiger partial charge on any atom is -0.462 e. The van der Waals surface area contributed by atoms with Crippen molar-refractivity contribution in [1.82, 2.24) is 0 Å². The Morgan fingerprint density at radius 2 is 0.417 bits per heavy atom. The van der Waals surface area contributed by atoms with Crippen LogP contribution in [0.1, 0.15) is 245 Å². The van der Waals surface area contributed by atoms with E-state index in [1.54, 1.807) is 0 Å². The zero-order valence-electron chi connectivity index (χ0n) is 60.2. The molecule has 0 fully saturated rings. The van der Waals surface area contributed by atoms with Gasteiger partial charge in [0, 0.05) is 12.8 Å². The van der Waals surface area contributed by atoms with Crippen LogP contribution in [0.5, 0.6) is 0 Å².